The lowest BCUT2D eigenvalue weighted by Gasteiger charge is -2.24. The van der Waals surface area contributed by atoms with Crippen molar-refractivity contribution in [2.24, 2.45) is 5.41 Å². The van der Waals surface area contributed by atoms with Crippen LogP contribution in [0.3, 0.4) is 0 Å². The average Bonchev–Trinajstić information content (AvgIpc) is 2.47. The van der Waals surface area contributed by atoms with E-state index in [9.17, 15) is 9.59 Å². The van der Waals surface area contributed by atoms with Crippen LogP contribution in [0.5, 0.6) is 5.75 Å². The predicted molar refractivity (Wildman–Crippen MR) is 96.0 cm³/mol. The first-order chi connectivity index (χ1) is 10.8. The molecule has 0 spiro atoms. The number of amides is 2. The SMILES string of the molecule is CCOc1ccccc1NC(=O)CCNC(=O)[C@H](Br)C(C)(C)C. The number of carbonyl (C=O) groups is 2. The third-order valence-corrected chi connectivity index (χ3v) is 4.89. The fourth-order valence-corrected chi connectivity index (χ4v) is 2.01. The molecule has 23 heavy (non-hydrogen) atoms. The van der Waals surface area contributed by atoms with Crippen molar-refractivity contribution in [3.05, 3.63) is 24.3 Å². The normalized spacial score (nSPS) is 12.4. The van der Waals surface area contributed by atoms with Crippen molar-refractivity contribution in [3.63, 3.8) is 0 Å². The van der Waals surface area contributed by atoms with Crippen LogP contribution in [0.15, 0.2) is 24.3 Å². The van der Waals surface area contributed by atoms with Crippen LogP contribution in [0.2, 0.25) is 0 Å². The quantitative estimate of drug-likeness (QED) is 0.708. The van der Waals surface area contributed by atoms with Crippen molar-refractivity contribution in [1.82, 2.24) is 5.32 Å². The molecule has 0 saturated heterocycles. The molecular weight excluding hydrogens is 360 g/mol. The van der Waals surface area contributed by atoms with Crippen molar-refractivity contribution in [2.75, 3.05) is 18.5 Å². The number of rotatable bonds is 7. The number of benzene rings is 1. The molecule has 0 aromatic heterocycles. The summed E-state index contributed by atoms with van der Waals surface area (Å²) in [4.78, 5) is 23.7. The lowest BCUT2D eigenvalue weighted by Crippen LogP contribution is -2.39. The summed E-state index contributed by atoms with van der Waals surface area (Å²) in [6.45, 7) is 8.64. The molecule has 1 aromatic rings. The molecule has 6 heteroatoms. The number of anilines is 1. The van der Waals surface area contributed by atoms with Gasteiger partial charge in [-0.2, -0.15) is 0 Å². The fourth-order valence-electron chi connectivity index (χ4n) is 1.85. The van der Waals surface area contributed by atoms with Crippen LogP contribution < -0.4 is 15.4 Å². The van der Waals surface area contributed by atoms with Gasteiger partial charge in [0.2, 0.25) is 11.8 Å². The Hall–Kier alpha value is -1.56. The molecule has 0 aliphatic heterocycles. The van der Waals surface area contributed by atoms with E-state index in [4.69, 9.17) is 4.74 Å². The van der Waals surface area contributed by atoms with Gasteiger partial charge in [0.05, 0.1) is 17.1 Å². The third-order valence-electron chi connectivity index (χ3n) is 3.10. The van der Waals surface area contributed by atoms with Crippen molar-refractivity contribution in [2.45, 2.75) is 38.9 Å². The highest BCUT2D eigenvalue weighted by Crippen LogP contribution is 2.26. The number of carbonyl (C=O) groups excluding carboxylic acids is 2. The monoisotopic (exact) mass is 384 g/mol. The van der Waals surface area contributed by atoms with E-state index >= 15 is 0 Å². The maximum atomic E-state index is 12.0. The number of ether oxygens (including phenoxy) is 1. The summed E-state index contributed by atoms with van der Waals surface area (Å²) >= 11 is 3.38. The van der Waals surface area contributed by atoms with Gasteiger partial charge >= 0.3 is 0 Å². The standard InChI is InChI=1S/C17H25BrN2O3/c1-5-23-13-9-7-6-8-12(13)20-14(21)10-11-19-16(22)15(18)17(2,3)4/h6-9,15H,5,10-11H2,1-4H3,(H,19,22)(H,20,21)/t15-/m0/s1. The average molecular weight is 385 g/mol. The molecule has 2 N–H and O–H groups in total. The zero-order chi connectivity index (χ0) is 17.5. The Morgan fingerprint density at radius 1 is 1.26 bits per heavy atom. The summed E-state index contributed by atoms with van der Waals surface area (Å²) in [5.41, 5.74) is 0.460. The Morgan fingerprint density at radius 3 is 2.52 bits per heavy atom. The van der Waals surface area contributed by atoms with E-state index in [1.807, 2.05) is 39.8 Å². The van der Waals surface area contributed by atoms with Crippen LogP contribution >= 0.6 is 15.9 Å². The minimum atomic E-state index is -0.295. The molecule has 0 unspecified atom stereocenters. The molecule has 1 aromatic carbocycles. The summed E-state index contributed by atoms with van der Waals surface area (Å²) in [5, 5.41) is 5.57. The highest BCUT2D eigenvalue weighted by atomic mass is 79.9. The molecule has 0 saturated carbocycles. The summed E-state index contributed by atoms with van der Waals surface area (Å²) in [7, 11) is 0. The van der Waals surface area contributed by atoms with Gasteiger partial charge in [-0.25, -0.2) is 0 Å². The van der Waals surface area contributed by atoms with Gasteiger partial charge in [0.1, 0.15) is 5.75 Å². The zero-order valence-electron chi connectivity index (χ0n) is 14.1. The number of para-hydroxylation sites is 2. The topological polar surface area (TPSA) is 67.4 Å². The van der Waals surface area contributed by atoms with Gasteiger partial charge < -0.3 is 15.4 Å². The number of hydrogen-bond donors (Lipinski definition) is 2. The van der Waals surface area contributed by atoms with Crippen LogP contribution in [-0.4, -0.2) is 29.8 Å². The van der Waals surface area contributed by atoms with E-state index in [0.29, 0.717) is 24.6 Å². The number of hydrogen-bond acceptors (Lipinski definition) is 3. The molecule has 0 radical (unpaired) electrons. The van der Waals surface area contributed by atoms with E-state index in [0.717, 1.165) is 0 Å². The molecule has 1 atom stereocenters. The van der Waals surface area contributed by atoms with Gasteiger partial charge in [-0.05, 0) is 24.5 Å². The predicted octanol–water partition coefficient (Wildman–Crippen LogP) is 3.34. The number of nitrogens with one attached hydrogen (secondary N) is 2. The highest BCUT2D eigenvalue weighted by molar-refractivity contribution is 9.10. The van der Waals surface area contributed by atoms with Gasteiger partial charge in [-0.1, -0.05) is 48.8 Å². The lowest BCUT2D eigenvalue weighted by molar-refractivity contribution is -0.122. The third kappa shape index (κ3) is 6.60. The van der Waals surface area contributed by atoms with Gasteiger partial charge in [-0.15, -0.1) is 0 Å². The largest absolute Gasteiger partial charge is 0.492 e. The molecule has 0 heterocycles. The minimum absolute atomic E-state index is 0.111. The Labute approximate surface area is 146 Å². The molecule has 5 nitrogen and oxygen atoms in total. The molecular formula is C17H25BrN2O3. The summed E-state index contributed by atoms with van der Waals surface area (Å²) in [6, 6.07) is 7.28. The second-order valence-corrected chi connectivity index (χ2v) is 7.16. The summed E-state index contributed by atoms with van der Waals surface area (Å²) in [6.07, 6.45) is 0.204. The van der Waals surface area contributed by atoms with E-state index < -0.39 is 0 Å². The minimum Gasteiger partial charge on any atom is -0.492 e. The smallest absolute Gasteiger partial charge is 0.234 e. The van der Waals surface area contributed by atoms with Crippen molar-refractivity contribution >= 4 is 33.4 Å². The highest BCUT2D eigenvalue weighted by Gasteiger charge is 2.28. The molecule has 0 aliphatic carbocycles. The number of halogens is 1. The van der Waals surface area contributed by atoms with E-state index in [2.05, 4.69) is 26.6 Å². The van der Waals surface area contributed by atoms with Crippen molar-refractivity contribution < 1.29 is 14.3 Å². The van der Waals surface area contributed by atoms with Crippen LogP contribution in [0.4, 0.5) is 5.69 Å². The molecule has 0 fully saturated rings. The van der Waals surface area contributed by atoms with Gasteiger partial charge in [0.25, 0.3) is 0 Å². The fraction of sp³-hybridized carbons (Fsp3) is 0.529. The van der Waals surface area contributed by atoms with E-state index in [1.54, 1.807) is 12.1 Å². The molecule has 128 valence electrons. The van der Waals surface area contributed by atoms with Gasteiger partial charge in [-0.3, -0.25) is 9.59 Å². The number of alkyl halides is 1. The second-order valence-electron chi connectivity index (χ2n) is 6.25. The van der Waals surface area contributed by atoms with E-state index in [1.165, 1.54) is 0 Å². The first-order valence-electron chi connectivity index (χ1n) is 7.69. The molecule has 0 aliphatic rings. The van der Waals surface area contributed by atoms with Crippen molar-refractivity contribution in [1.29, 1.82) is 0 Å². The maximum Gasteiger partial charge on any atom is 0.234 e. The van der Waals surface area contributed by atoms with Crippen LogP contribution in [-0.2, 0) is 9.59 Å². The summed E-state index contributed by atoms with van der Waals surface area (Å²) in [5.74, 6) is 0.361. The molecule has 1 rings (SSSR count). The van der Waals surface area contributed by atoms with Crippen LogP contribution in [0.1, 0.15) is 34.1 Å². The first-order valence-corrected chi connectivity index (χ1v) is 8.60. The Balaban J connectivity index is 2.45. The first kappa shape index (κ1) is 19.5. The maximum absolute atomic E-state index is 12.0. The van der Waals surface area contributed by atoms with E-state index in [-0.39, 0.29) is 28.5 Å². The van der Waals surface area contributed by atoms with Crippen LogP contribution in [0.25, 0.3) is 0 Å². The molecule has 2 amide bonds. The van der Waals surface area contributed by atoms with Crippen molar-refractivity contribution in [3.8, 4) is 5.75 Å². The van der Waals surface area contributed by atoms with Crippen LogP contribution in [0, 0.1) is 5.41 Å². The Kier molecular flexibility index (Phi) is 7.55. The Bertz CT molecular complexity index is 541. The Morgan fingerprint density at radius 2 is 1.91 bits per heavy atom. The summed E-state index contributed by atoms with van der Waals surface area (Å²) < 4.78 is 5.46. The zero-order valence-corrected chi connectivity index (χ0v) is 15.7. The van der Waals surface area contributed by atoms with Gasteiger partial charge in [0.15, 0.2) is 0 Å². The molecule has 0 bridgehead atoms. The second kappa shape index (κ2) is 8.91. The van der Waals surface area contributed by atoms with Gasteiger partial charge in [0, 0.05) is 13.0 Å². The lowest BCUT2D eigenvalue weighted by atomic mass is 9.92.